The molecule has 1 unspecified atom stereocenters. The maximum Gasteiger partial charge on any atom is 0.117 e. The summed E-state index contributed by atoms with van der Waals surface area (Å²) in [4.78, 5) is 0. The summed E-state index contributed by atoms with van der Waals surface area (Å²) in [6.45, 7) is 1.71. The van der Waals surface area contributed by atoms with Crippen molar-refractivity contribution >= 4 is 0 Å². The Labute approximate surface area is 53.6 Å². The van der Waals surface area contributed by atoms with Crippen molar-refractivity contribution < 1.29 is 14.6 Å². The van der Waals surface area contributed by atoms with E-state index in [2.05, 4.69) is 0 Å². The topological polar surface area (TPSA) is 45.3 Å². The van der Waals surface area contributed by atoms with Crippen LogP contribution in [0.1, 0.15) is 6.42 Å². The molecule has 0 aromatic heterocycles. The van der Waals surface area contributed by atoms with Crippen LogP contribution in [0.15, 0.2) is 0 Å². The number of epoxide rings is 2. The predicted octanol–water partition coefficient (Wildman–Crippen LogP) is -0.463. The van der Waals surface area contributed by atoms with Gasteiger partial charge >= 0.3 is 0 Å². The highest BCUT2D eigenvalue weighted by Gasteiger charge is 2.48. The van der Waals surface area contributed by atoms with Crippen LogP contribution in [0.5, 0.6) is 0 Å². The molecule has 0 radical (unpaired) electrons. The lowest BCUT2D eigenvalue weighted by molar-refractivity contribution is 0.155. The van der Waals surface area contributed by atoms with Gasteiger partial charge < -0.3 is 14.6 Å². The van der Waals surface area contributed by atoms with Gasteiger partial charge in [0.05, 0.1) is 25.9 Å². The minimum Gasteiger partial charge on any atom is -0.393 e. The zero-order valence-corrected chi connectivity index (χ0v) is 5.17. The summed E-state index contributed by atoms with van der Waals surface area (Å²) in [5.74, 6) is 0. The molecule has 2 saturated heterocycles. The monoisotopic (exact) mass is 130 g/mol. The number of aliphatic hydroxyl groups excluding tert-OH is 1. The summed E-state index contributed by atoms with van der Waals surface area (Å²) in [6, 6.07) is 0. The molecule has 0 aromatic carbocycles. The first kappa shape index (κ1) is 5.65. The standard InChI is InChI=1S/C6H10O3/c7-3-6(4-9-6)1-5-2-8-5/h5,7H,1-4H2/t5?,6-/m1/s1. The molecule has 0 amide bonds. The van der Waals surface area contributed by atoms with Crippen molar-refractivity contribution in [2.75, 3.05) is 19.8 Å². The average molecular weight is 130 g/mol. The molecule has 3 nitrogen and oxygen atoms in total. The Kier molecular flexibility index (Phi) is 1.06. The predicted molar refractivity (Wildman–Crippen MR) is 30.1 cm³/mol. The first-order valence-corrected chi connectivity index (χ1v) is 3.21. The molecule has 2 rings (SSSR count). The molecular weight excluding hydrogens is 120 g/mol. The van der Waals surface area contributed by atoms with Crippen molar-refractivity contribution in [3.8, 4) is 0 Å². The summed E-state index contributed by atoms with van der Waals surface area (Å²) in [5, 5.41) is 8.75. The molecule has 2 aliphatic heterocycles. The second kappa shape index (κ2) is 1.68. The van der Waals surface area contributed by atoms with E-state index < -0.39 is 0 Å². The summed E-state index contributed by atoms with van der Waals surface area (Å²) in [7, 11) is 0. The van der Waals surface area contributed by atoms with Crippen LogP contribution in [0.25, 0.3) is 0 Å². The maximum atomic E-state index is 8.75. The summed E-state index contributed by atoms with van der Waals surface area (Å²) in [6.07, 6.45) is 1.25. The van der Waals surface area contributed by atoms with E-state index in [0.29, 0.717) is 12.7 Å². The van der Waals surface area contributed by atoms with E-state index in [1.54, 1.807) is 0 Å². The highest BCUT2D eigenvalue weighted by atomic mass is 16.6. The molecule has 9 heavy (non-hydrogen) atoms. The van der Waals surface area contributed by atoms with Crippen LogP contribution >= 0.6 is 0 Å². The van der Waals surface area contributed by atoms with Crippen LogP contribution in [0.4, 0.5) is 0 Å². The number of rotatable bonds is 3. The first-order valence-electron chi connectivity index (χ1n) is 3.21. The van der Waals surface area contributed by atoms with Crippen LogP contribution in [-0.4, -0.2) is 36.6 Å². The van der Waals surface area contributed by atoms with Crippen LogP contribution in [-0.2, 0) is 9.47 Å². The molecule has 0 aliphatic carbocycles. The minimum absolute atomic E-state index is 0.146. The van der Waals surface area contributed by atoms with Crippen molar-refractivity contribution in [3.63, 3.8) is 0 Å². The van der Waals surface area contributed by atoms with Crippen LogP contribution < -0.4 is 0 Å². The van der Waals surface area contributed by atoms with Gasteiger partial charge in [0.1, 0.15) is 5.60 Å². The molecule has 52 valence electrons. The van der Waals surface area contributed by atoms with Gasteiger partial charge in [-0.1, -0.05) is 0 Å². The summed E-state index contributed by atoms with van der Waals surface area (Å²) < 4.78 is 10.1. The Morgan fingerprint density at radius 3 is 2.67 bits per heavy atom. The van der Waals surface area contributed by atoms with Crippen LogP contribution in [0.3, 0.4) is 0 Å². The number of aliphatic hydroxyl groups is 1. The molecule has 2 heterocycles. The molecule has 0 aromatic rings. The molecule has 2 aliphatic rings. The maximum absolute atomic E-state index is 8.75. The minimum atomic E-state index is -0.193. The van der Waals surface area contributed by atoms with Crippen molar-refractivity contribution in [2.45, 2.75) is 18.1 Å². The molecule has 0 saturated carbocycles. The molecule has 2 fully saturated rings. The SMILES string of the molecule is OC[C@]1(CC2CO2)CO1. The van der Waals surface area contributed by atoms with Gasteiger partial charge in [0.15, 0.2) is 0 Å². The normalized spacial score (nSPS) is 47.0. The second-order valence-electron chi connectivity index (χ2n) is 2.79. The van der Waals surface area contributed by atoms with Gasteiger partial charge in [0.2, 0.25) is 0 Å². The van der Waals surface area contributed by atoms with E-state index in [9.17, 15) is 0 Å². The van der Waals surface area contributed by atoms with E-state index in [0.717, 1.165) is 13.0 Å². The fourth-order valence-electron chi connectivity index (χ4n) is 0.977. The Morgan fingerprint density at radius 2 is 2.33 bits per heavy atom. The van der Waals surface area contributed by atoms with Crippen LogP contribution in [0.2, 0.25) is 0 Å². The number of hydrogen-bond donors (Lipinski definition) is 1. The van der Waals surface area contributed by atoms with Crippen molar-refractivity contribution in [1.82, 2.24) is 0 Å². The average Bonchev–Trinajstić information content (AvgIpc) is 2.68. The van der Waals surface area contributed by atoms with Crippen molar-refractivity contribution in [3.05, 3.63) is 0 Å². The molecule has 2 atom stereocenters. The zero-order chi connectivity index (χ0) is 6.32. The van der Waals surface area contributed by atoms with E-state index in [-0.39, 0.29) is 12.2 Å². The van der Waals surface area contributed by atoms with Crippen molar-refractivity contribution in [2.24, 2.45) is 0 Å². The highest BCUT2D eigenvalue weighted by Crippen LogP contribution is 2.35. The lowest BCUT2D eigenvalue weighted by Gasteiger charge is -2.02. The Morgan fingerprint density at radius 1 is 1.67 bits per heavy atom. The smallest absolute Gasteiger partial charge is 0.117 e. The van der Waals surface area contributed by atoms with Gasteiger partial charge in [-0.25, -0.2) is 0 Å². The lowest BCUT2D eigenvalue weighted by atomic mass is 10.1. The number of hydrogen-bond acceptors (Lipinski definition) is 3. The Hall–Kier alpha value is -0.120. The molecule has 0 bridgehead atoms. The zero-order valence-electron chi connectivity index (χ0n) is 5.17. The van der Waals surface area contributed by atoms with E-state index in [4.69, 9.17) is 14.6 Å². The summed E-state index contributed by atoms with van der Waals surface area (Å²) in [5.41, 5.74) is -0.193. The first-order chi connectivity index (χ1) is 4.35. The molecular formula is C6H10O3. The fraction of sp³-hybridized carbons (Fsp3) is 1.00. The third-order valence-corrected chi connectivity index (χ3v) is 1.84. The highest BCUT2D eigenvalue weighted by molar-refractivity contribution is 4.96. The molecule has 0 spiro atoms. The Balaban J connectivity index is 1.81. The number of ether oxygens (including phenoxy) is 2. The molecule has 1 N–H and O–H groups in total. The van der Waals surface area contributed by atoms with Crippen LogP contribution in [0, 0.1) is 0 Å². The largest absolute Gasteiger partial charge is 0.393 e. The van der Waals surface area contributed by atoms with Gasteiger partial charge in [0.25, 0.3) is 0 Å². The van der Waals surface area contributed by atoms with Gasteiger partial charge in [-0.3, -0.25) is 0 Å². The van der Waals surface area contributed by atoms with Gasteiger partial charge in [-0.2, -0.15) is 0 Å². The third kappa shape index (κ3) is 1.08. The van der Waals surface area contributed by atoms with E-state index in [1.165, 1.54) is 0 Å². The second-order valence-corrected chi connectivity index (χ2v) is 2.79. The van der Waals surface area contributed by atoms with Gasteiger partial charge in [-0.15, -0.1) is 0 Å². The van der Waals surface area contributed by atoms with E-state index >= 15 is 0 Å². The molecule has 3 heteroatoms. The van der Waals surface area contributed by atoms with Gasteiger partial charge in [0, 0.05) is 6.42 Å². The summed E-state index contributed by atoms with van der Waals surface area (Å²) >= 11 is 0. The van der Waals surface area contributed by atoms with Crippen molar-refractivity contribution in [1.29, 1.82) is 0 Å². The fourth-order valence-corrected chi connectivity index (χ4v) is 0.977. The Bertz CT molecular complexity index is 115. The van der Waals surface area contributed by atoms with E-state index in [1.807, 2.05) is 0 Å². The van der Waals surface area contributed by atoms with Gasteiger partial charge in [-0.05, 0) is 0 Å². The quantitative estimate of drug-likeness (QED) is 0.525. The third-order valence-electron chi connectivity index (χ3n) is 1.84. The lowest BCUT2D eigenvalue weighted by Crippen LogP contribution is -2.18.